The van der Waals surface area contributed by atoms with Gasteiger partial charge in [-0.2, -0.15) is 0 Å². The van der Waals surface area contributed by atoms with E-state index in [1.165, 1.54) is 5.38 Å². The van der Waals surface area contributed by atoms with E-state index >= 15 is 0 Å². The minimum Gasteiger partial charge on any atom is -0.476 e. The Hall–Kier alpha value is -5.06. The number of anilines is 2. The predicted molar refractivity (Wildman–Crippen MR) is 151 cm³/mol. The average Bonchev–Trinajstić information content (AvgIpc) is 3.53. The molecule has 16 nitrogen and oxygen atoms in total. The molecular weight excluding hydrogens is 568 g/mol. The maximum atomic E-state index is 12.1. The highest BCUT2D eigenvalue weighted by Crippen LogP contribution is 2.24. The molecule has 1 fully saturated rings. The Morgan fingerprint density at radius 3 is 2.69 bits per heavy atom. The van der Waals surface area contributed by atoms with Crippen LogP contribution in [0, 0.1) is 0 Å². The van der Waals surface area contributed by atoms with Crippen LogP contribution >= 0.6 is 11.3 Å². The van der Waals surface area contributed by atoms with E-state index in [9.17, 15) is 14.7 Å². The molecule has 3 aromatic heterocycles. The number of benzene rings is 1. The molecule has 1 aliphatic heterocycles. The van der Waals surface area contributed by atoms with Gasteiger partial charge in [0.15, 0.2) is 17.0 Å². The third-order valence-corrected chi connectivity index (χ3v) is 6.45. The fourth-order valence-corrected chi connectivity index (χ4v) is 4.32. The highest BCUT2D eigenvalue weighted by Gasteiger charge is 2.33. The fourth-order valence-electron chi connectivity index (χ4n) is 3.77. The van der Waals surface area contributed by atoms with Gasteiger partial charge in [0.2, 0.25) is 11.5 Å². The summed E-state index contributed by atoms with van der Waals surface area (Å²) in [4.78, 5) is 45.7. The van der Waals surface area contributed by atoms with Crippen LogP contribution in [-0.4, -0.2) is 82.9 Å². The Morgan fingerprint density at radius 1 is 1.21 bits per heavy atom. The smallest absolute Gasteiger partial charge is 0.410 e. The summed E-state index contributed by atoms with van der Waals surface area (Å²) in [5, 5.41) is 30.8. The van der Waals surface area contributed by atoms with Gasteiger partial charge in [0.1, 0.15) is 17.1 Å². The number of thiazole rings is 1. The molecule has 42 heavy (non-hydrogen) atoms. The first kappa shape index (κ1) is 28.5. The van der Waals surface area contributed by atoms with Crippen LogP contribution in [0.25, 0.3) is 10.9 Å². The van der Waals surface area contributed by atoms with Crippen molar-refractivity contribution in [3.8, 4) is 5.75 Å². The largest absolute Gasteiger partial charge is 0.476 e. The number of hydrogen-bond donors (Lipinski definition) is 3. The lowest BCUT2D eigenvalue weighted by Crippen LogP contribution is -2.58. The number of aliphatic carboxylic acids is 1. The van der Waals surface area contributed by atoms with Crippen molar-refractivity contribution in [2.75, 3.05) is 24.1 Å². The summed E-state index contributed by atoms with van der Waals surface area (Å²) in [5.41, 5.74) is 5.45. The van der Waals surface area contributed by atoms with Gasteiger partial charge in [-0.05, 0) is 63.2 Å². The van der Waals surface area contributed by atoms with Crippen LogP contribution in [0.3, 0.4) is 0 Å². The number of amides is 1. The average molecular weight is 597 g/mol. The lowest BCUT2D eigenvalue weighted by molar-refractivity contribution is -0.129. The number of fused-ring (bicyclic) bond motifs is 1. The quantitative estimate of drug-likeness (QED) is 0.188. The summed E-state index contributed by atoms with van der Waals surface area (Å²) in [5.74, 6) is -0.0925. The number of pyridine rings is 1. The molecule has 0 spiro atoms. The first-order chi connectivity index (χ1) is 19.9. The molecule has 5 rings (SSSR count). The number of nitrogen functional groups attached to an aromatic ring is 1. The molecule has 0 bridgehead atoms. The summed E-state index contributed by atoms with van der Waals surface area (Å²) < 4.78 is 5.39. The van der Waals surface area contributed by atoms with Crippen LogP contribution in [0.1, 0.15) is 45.3 Å². The number of carbonyl (C=O) groups is 2. The van der Waals surface area contributed by atoms with Gasteiger partial charge in [-0.3, -0.25) is 0 Å². The lowest BCUT2D eigenvalue weighted by Gasteiger charge is -2.40. The van der Waals surface area contributed by atoms with Gasteiger partial charge in [-0.25, -0.2) is 19.6 Å². The van der Waals surface area contributed by atoms with Gasteiger partial charge in [0, 0.05) is 28.8 Å². The zero-order valence-corrected chi connectivity index (χ0v) is 23.9. The molecule has 0 aliphatic carbocycles. The van der Waals surface area contributed by atoms with Crippen molar-refractivity contribution < 1.29 is 29.1 Å². The van der Waals surface area contributed by atoms with E-state index < -0.39 is 23.4 Å². The highest BCUT2D eigenvalue weighted by molar-refractivity contribution is 7.13. The number of aromatic nitrogens is 6. The van der Waals surface area contributed by atoms with Crippen molar-refractivity contribution in [2.45, 2.75) is 45.4 Å². The number of nitrogens with two attached hydrogens (primary N) is 1. The summed E-state index contributed by atoms with van der Waals surface area (Å²) in [6.45, 7) is 8.16. The predicted octanol–water partition coefficient (Wildman–Crippen LogP) is 2.70. The zero-order valence-electron chi connectivity index (χ0n) is 23.1. The molecule has 220 valence electrons. The molecule has 1 unspecified atom stereocenters. The number of likely N-dealkylation sites (tertiary alicyclic amines) is 1. The Labute approximate surface area is 243 Å². The van der Waals surface area contributed by atoms with Crippen LogP contribution in [0.15, 0.2) is 40.9 Å². The molecule has 1 amide bonds. The van der Waals surface area contributed by atoms with Gasteiger partial charge >= 0.3 is 12.1 Å². The topological polar surface area (TPSA) is 205 Å². The number of carboxylic acid groups (broad SMARTS) is 1. The number of oxime groups is 1. The van der Waals surface area contributed by atoms with Crippen LogP contribution in [0.5, 0.6) is 5.75 Å². The Morgan fingerprint density at radius 2 is 2.00 bits per heavy atom. The molecule has 1 aromatic carbocycles. The number of ether oxygens (including phenoxy) is 1. The summed E-state index contributed by atoms with van der Waals surface area (Å²) >= 11 is 1.08. The van der Waals surface area contributed by atoms with Gasteiger partial charge in [0.25, 0.3) is 0 Å². The second-order valence-corrected chi connectivity index (χ2v) is 11.2. The third kappa shape index (κ3) is 6.80. The zero-order chi connectivity index (χ0) is 30.0. The highest BCUT2D eigenvalue weighted by atomic mass is 32.1. The van der Waals surface area contributed by atoms with E-state index in [-0.39, 0.29) is 28.8 Å². The van der Waals surface area contributed by atoms with Crippen molar-refractivity contribution in [1.82, 2.24) is 35.2 Å². The number of carbonyl (C=O) groups excluding carboxylic acids is 1. The van der Waals surface area contributed by atoms with E-state index in [0.717, 1.165) is 27.2 Å². The number of tetrazole rings is 1. The molecule has 0 saturated carbocycles. The van der Waals surface area contributed by atoms with Crippen molar-refractivity contribution >= 4 is 51.0 Å². The molecule has 1 saturated heterocycles. The SMILES string of the molecule is CC(O/N=C(\C(=O)O)c1csc(N)n1)c1nnn(Oc2ccc3nc(NC4CN(C(=O)OC(C)(C)C)C4)ccc3c2)n1. The molecule has 0 radical (unpaired) electrons. The molecular formula is C25H28N10O6S. The molecule has 1 atom stereocenters. The molecule has 4 aromatic rings. The number of hydrogen-bond acceptors (Lipinski definition) is 14. The standard InChI is InChI=1S/C25H28N10O6S/c1-13(40-32-20(22(36)37)18-12-42-23(26)29-18)21-30-33-35(31-21)41-16-6-7-17-14(9-16)5-8-19(28-17)27-15-10-34(11-15)24(38)39-25(2,3)4/h5-9,12-13,15H,10-11H2,1-4H3,(H2,26,29)(H,27,28)(H,36,37)/b32-20-. The molecule has 4 heterocycles. The maximum Gasteiger partial charge on any atom is 0.410 e. The molecule has 4 N–H and O–H groups in total. The van der Waals surface area contributed by atoms with E-state index in [2.05, 4.69) is 35.9 Å². The number of rotatable bonds is 9. The van der Waals surface area contributed by atoms with Crippen LogP contribution in [0.4, 0.5) is 15.7 Å². The van der Waals surface area contributed by atoms with Gasteiger partial charge < -0.3 is 35.5 Å². The van der Waals surface area contributed by atoms with Crippen LogP contribution in [-0.2, 0) is 14.4 Å². The maximum absolute atomic E-state index is 12.1. The minimum atomic E-state index is -1.32. The number of nitrogens with one attached hydrogen (secondary N) is 1. The summed E-state index contributed by atoms with van der Waals surface area (Å²) in [7, 11) is 0. The van der Waals surface area contributed by atoms with Crippen molar-refractivity contribution in [3.05, 3.63) is 47.2 Å². The molecule has 1 aliphatic rings. The second-order valence-electron chi connectivity index (χ2n) is 10.3. The van der Waals surface area contributed by atoms with Crippen LogP contribution < -0.4 is 15.9 Å². The Bertz CT molecular complexity index is 1640. The number of nitrogens with zero attached hydrogens (tertiary/aromatic N) is 8. The summed E-state index contributed by atoms with van der Waals surface area (Å²) in [6.07, 6.45) is -1.17. The number of carboxylic acids is 1. The van der Waals surface area contributed by atoms with Crippen molar-refractivity contribution in [2.24, 2.45) is 5.16 Å². The third-order valence-electron chi connectivity index (χ3n) is 5.78. The summed E-state index contributed by atoms with van der Waals surface area (Å²) in [6, 6.07) is 9.09. The van der Waals surface area contributed by atoms with Gasteiger partial charge in [0.05, 0.1) is 11.6 Å². The van der Waals surface area contributed by atoms with E-state index in [4.69, 9.17) is 20.1 Å². The lowest BCUT2D eigenvalue weighted by atomic mass is 10.1. The Kier molecular flexibility index (Phi) is 7.75. The van der Waals surface area contributed by atoms with Crippen molar-refractivity contribution in [1.29, 1.82) is 0 Å². The normalized spacial score (nSPS) is 14.8. The molecule has 17 heteroatoms. The fraction of sp³-hybridized carbons (Fsp3) is 0.360. The van der Waals surface area contributed by atoms with E-state index in [1.807, 2.05) is 32.9 Å². The minimum absolute atomic E-state index is 0.0801. The second kappa shape index (κ2) is 11.4. The van der Waals surface area contributed by atoms with Gasteiger partial charge in [-0.15, -0.1) is 16.4 Å². The van der Waals surface area contributed by atoms with Crippen LogP contribution in [0.2, 0.25) is 0 Å². The Balaban J connectivity index is 1.17. The van der Waals surface area contributed by atoms with Gasteiger partial charge in [-0.1, -0.05) is 10.3 Å². The van der Waals surface area contributed by atoms with E-state index in [0.29, 0.717) is 24.7 Å². The first-order valence-electron chi connectivity index (χ1n) is 12.8. The van der Waals surface area contributed by atoms with Crippen molar-refractivity contribution in [3.63, 3.8) is 0 Å². The van der Waals surface area contributed by atoms with E-state index in [1.54, 1.807) is 30.0 Å². The first-order valence-corrected chi connectivity index (χ1v) is 13.6. The monoisotopic (exact) mass is 596 g/mol.